The van der Waals surface area contributed by atoms with E-state index in [1.807, 2.05) is 11.4 Å². The number of carboxylic acids is 1. The molecule has 1 saturated heterocycles. The number of thiophene rings is 1. The first-order chi connectivity index (χ1) is 10.2. The lowest BCUT2D eigenvalue weighted by atomic mass is 10.0. The first kappa shape index (κ1) is 14.3. The zero-order valence-corrected chi connectivity index (χ0v) is 12.6. The Morgan fingerprint density at radius 2 is 2.14 bits per heavy atom. The van der Waals surface area contributed by atoms with Crippen LogP contribution in [-0.4, -0.2) is 59.6 Å². The highest BCUT2D eigenvalue weighted by molar-refractivity contribution is 7.10. The number of hydrogen-bond acceptors (Lipinski definition) is 4. The maximum absolute atomic E-state index is 12.7. The van der Waals surface area contributed by atoms with E-state index in [0.717, 1.165) is 36.4 Å². The molecule has 0 bridgehead atoms. The first-order valence-corrected chi connectivity index (χ1v) is 8.12. The molecule has 2 aliphatic rings. The number of nitrogens with zero attached hydrogens (tertiary/aromatic N) is 2. The van der Waals surface area contributed by atoms with Crippen LogP contribution < -0.4 is 5.32 Å². The number of rotatable bonds is 1. The van der Waals surface area contributed by atoms with Crippen molar-refractivity contribution in [2.24, 2.45) is 0 Å². The molecule has 1 atom stereocenters. The van der Waals surface area contributed by atoms with Crippen LogP contribution in [0.3, 0.4) is 0 Å². The minimum Gasteiger partial charge on any atom is -0.479 e. The predicted molar refractivity (Wildman–Crippen MR) is 79.6 cm³/mol. The van der Waals surface area contributed by atoms with Crippen molar-refractivity contribution in [1.29, 1.82) is 0 Å². The normalized spacial score (nSPS) is 22.6. The summed E-state index contributed by atoms with van der Waals surface area (Å²) in [6.07, 6.45) is 1.65. The lowest BCUT2D eigenvalue weighted by molar-refractivity contribution is -0.143. The van der Waals surface area contributed by atoms with E-state index >= 15 is 0 Å². The second-order valence-corrected chi connectivity index (χ2v) is 6.36. The van der Waals surface area contributed by atoms with E-state index in [4.69, 9.17) is 0 Å². The van der Waals surface area contributed by atoms with Crippen LogP contribution in [0.4, 0.5) is 4.79 Å². The summed E-state index contributed by atoms with van der Waals surface area (Å²) in [7, 11) is 0. The van der Waals surface area contributed by atoms with Crippen LogP contribution in [0, 0.1) is 0 Å². The topological polar surface area (TPSA) is 72.9 Å². The molecule has 3 heterocycles. The molecule has 2 N–H and O–H groups in total. The minimum absolute atomic E-state index is 0.150. The van der Waals surface area contributed by atoms with Crippen molar-refractivity contribution in [2.75, 3.05) is 32.7 Å². The number of amides is 2. The Bertz CT molecular complexity index is 537. The zero-order valence-electron chi connectivity index (χ0n) is 11.7. The summed E-state index contributed by atoms with van der Waals surface area (Å²) in [5.41, 5.74) is 0.778. The lowest BCUT2D eigenvalue weighted by Crippen LogP contribution is -2.50. The second-order valence-electron chi connectivity index (χ2n) is 5.36. The fourth-order valence-corrected chi connectivity index (χ4v) is 3.91. The van der Waals surface area contributed by atoms with Crippen LogP contribution in [0.2, 0.25) is 0 Å². The molecule has 6 nitrogen and oxygen atoms in total. The first-order valence-electron chi connectivity index (χ1n) is 7.24. The van der Waals surface area contributed by atoms with E-state index in [-0.39, 0.29) is 6.03 Å². The van der Waals surface area contributed by atoms with Crippen LogP contribution in [-0.2, 0) is 11.2 Å². The lowest BCUT2D eigenvalue weighted by Gasteiger charge is -2.36. The van der Waals surface area contributed by atoms with Crippen LogP contribution in [0.25, 0.3) is 0 Å². The van der Waals surface area contributed by atoms with E-state index < -0.39 is 12.0 Å². The van der Waals surface area contributed by atoms with Gasteiger partial charge in [0.25, 0.3) is 0 Å². The van der Waals surface area contributed by atoms with Crippen molar-refractivity contribution in [2.45, 2.75) is 18.9 Å². The number of fused-ring (bicyclic) bond motifs is 1. The van der Waals surface area contributed by atoms with Gasteiger partial charge in [-0.3, -0.25) is 0 Å². The molecule has 0 spiro atoms. The Labute approximate surface area is 127 Å². The van der Waals surface area contributed by atoms with Gasteiger partial charge in [-0.2, -0.15) is 0 Å². The molecule has 0 aliphatic carbocycles. The molecule has 1 unspecified atom stereocenters. The van der Waals surface area contributed by atoms with Crippen molar-refractivity contribution in [3.8, 4) is 0 Å². The Morgan fingerprint density at radius 1 is 1.29 bits per heavy atom. The van der Waals surface area contributed by atoms with Crippen molar-refractivity contribution in [3.63, 3.8) is 0 Å². The molecule has 3 rings (SSSR count). The molecule has 7 heteroatoms. The molecule has 1 aromatic heterocycles. The number of carboxylic acid groups (broad SMARTS) is 1. The van der Waals surface area contributed by atoms with Gasteiger partial charge in [-0.15, -0.1) is 11.3 Å². The SMILES string of the molecule is O=C(O)C1c2ccsc2CCN1C(=O)N1CCCNCC1. The maximum atomic E-state index is 12.7. The summed E-state index contributed by atoms with van der Waals surface area (Å²) in [6.45, 7) is 3.47. The molecule has 114 valence electrons. The number of nitrogens with one attached hydrogen (secondary N) is 1. The van der Waals surface area contributed by atoms with Crippen molar-refractivity contribution in [3.05, 3.63) is 21.9 Å². The van der Waals surface area contributed by atoms with Crippen molar-refractivity contribution < 1.29 is 14.7 Å². The number of carbonyl (C=O) groups is 2. The van der Waals surface area contributed by atoms with Gasteiger partial charge in [-0.25, -0.2) is 9.59 Å². The molecule has 0 aromatic carbocycles. The third-order valence-corrected chi connectivity index (χ3v) is 5.05. The molecule has 0 radical (unpaired) electrons. The molecule has 1 fully saturated rings. The van der Waals surface area contributed by atoms with Gasteiger partial charge >= 0.3 is 12.0 Å². The minimum atomic E-state index is -0.948. The summed E-state index contributed by atoms with van der Waals surface area (Å²) in [5.74, 6) is -0.948. The third kappa shape index (κ3) is 2.75. The van der Waals surface area contributed by atoms with Gasteiger partial charge in [-0.05, 0) is 36.4 Å². The van der Waals surface area contributed by atoms with Gasteiger partial charge in [0.15, 0.2) is 6.04 Å². The Morgan fingerprint density at radius 3 is 2.95 bits per heavy atom. The molecule has 2 aliphatic heterocycles. The summed E-state index contributed by atoms with van der Waals surface area (Å²) in [4.78, 5) is 28.8. The highest BCUT2D eigenvalue weighted by Crippen LogP contribution is 2.34. The number of carbonyl (C=O) groups excluding carboxylic acids is 1. The van der Waals surface area contributed by atoms with Gasteiger partial charge in [0, 0.05) is 31.1 Å². The number of aliphatic carboxylic acids is 1. The number of urea groups is 1. The quantitative estimate of drug-likeness (QED) is 0.816. The van der Waals surface area contributed by atoms with Crippen molar-refractivity contribution in [1.82, 2.24) is 15.1 Å². The summed E-state index contributed by atoms with van der Waals surface area (Å²) >= 11 is 1.57. The van der Waals surface area contributed by atoms with Gasteiger partial charge < -0.3 is 20.2 Å². The monoisotopic (exact) mass is 309 g/mol. The standard InChI is InChI=1S/C14H19N3O3S/c18-13(19)12-10-3-9-21-11(10)2-7-17(12)14(20)16-6-1-4-15-5-8-16/h3,9,12,15H,1-2,4-8H2,(H,18,19). The molecule has 1 aromatic rings. The fourth-order valence-electron chi connectivity index (χ4n) is 3.01. The second kappa shape index (κ2) is 6.03. The smallest absolute Gasteiger partial charge is 0.331 e. The van der Waals surface area contributed by atoms with Crippen LogP contribution in [0.5, 0.6) is 0 Å². The van der Waals surface area contributed by atoms with E-state index in [1.54, 1.807) is 16.2 Å². The predicted octanol–water partition coefficient (Wildman–Crippen LogP) is 1.15. The van der Waals surface area contributed by atoms with Crippen LogP contribution in [0.1, 0.15) is 22.9 Å². The fraction of sp³-hybridized carbons (Fsp3) is 0.571. The maximum Gasteiger partial charge on any atom is 0.331 e. The zero-order chi connectivity index (χ0) is 14.8. The molecule has 2 amide bonds. The van der Waals surface area contributed by atoms with E-state index in [9.17, 15) is 14.7 Å². The third-order valence-electron chi connectivity index (χ3n) is 4.06. The summed E-state index contributed by atoms with van der Waals surface area (Å²) < 4.78 is 0. The van der Waals surface area contributed by atoms with Crippen molar-refractivity contribution >= 4 is 23.3 Å². The molecular formula is C14H19N3O3S. The van der Waals surface area contributed by atoms with E-state index in [1.165, 1.54) is 4.90 Å². The van der Waals surface area contributed by atoms with Gasteiger partial charge in [0.05, 0.1) is 0 Å². The van der Waals surface area contributed by atoms with E-state index in [0.29, 0.717) is 19.6 Å². The Kier molecular flexibility index (Phi) is 4.12. The highest BCUT2D eigenvalue weighted by Gasteiger charge is 2.38. The Hall–Kier alpha value is -1.60. The Balaban J connectivity index is 1.83. The number of hydrogen-bond donors (Lipinski definition) is 2. The average Bonchev–Trinajstić information content (AvgIpc) is 2.78. The average molecular weight is 309 g/mol. The highest BCUT2D eigenvalue weighted by atomic mass is 32.1. The summed E-state index contributed by atoms with van der Waals surface area (Å²) in [5, 5.41) is 14.7. The summed E-state index contributed by atoms with van der Waals surface area (Å²) in [6, 6.07) is 0.842. The molecule has 0 saturated carbocycles. The largest absolute Gasteiger partial charge is 0.479 e. The van der Waals surface area contributed by atoms with Crippen LogP contribution in [0.15, 0.2) is 11.4 Å². The van der Waals surface area contributed by atoms with Gasteiger partial charge in [0.2, 0.25) is 0 Å². The van der Waals surface area contributed by atoms with Gasteiger partial charge in [-0.1, -0.05) is 0 Å². The molecule has 21 heavy (non-hydrogen) atoms. The van der Waals surface area contributed by atoms with E-state index in [2.05, 4.69) is 5.32 Å². The van der Waals surface area contributed by atoms with Gasteiger partial charge in [0.1, 0.15) is 0 Å². The molecular weight excluding hydrogens is 290 g/mol. The van der Waals surface area contributed by atoms with Crippen LogP contribution >= 0.6 is 11.3 Å².